The molecule has 0 unspecified atom stereocenters. The maximum Gasteiger partial charge on any atom is 0.327 e. The number of imidazole rings is 1. The second-order valence-corrected chi connectivity index (χ2v) is 10.7. The minimum absolute atomic E-state index is 0.202. The van der Waals surface area contributed by atoms with E-state index >= 15 is 0 Å². The Hall–Kier alpha value is -5.38. The van der Waals surface area contributed by atoms with Crippen LogP contribution >= 0.6 is 0 Å². The fourth-order valence-corrected chi connectivity index (χ4v) is 4.68. The molecule has 6 aromatic rings. The zero-order valence-electron chi connectivity index (χ0n) is 23.1. The van der Waals surface area contributed by atoms with E-state index < -0.39 is 6.03 Å². The molecule has 3 aromatic heterocycles. The molecule has 3 heterocycles. The van der Waals surface area contributed by atoms with Crippen molar-refractivity contribution >= 4 is 39.5 Å². The van der Waals surface area contributed by atoms with Gasteiger partial charge in [-0.25, -0.2) is 19.3 Å². The third-order valence-electron chi connectivity index (χ3n) is 6.82. The maximum atomic E-state index is 13.3. The molecule has 3 aromatic carbocycles. The Morgan fingerprint density at radius 1 is 0.902 bits per heavy atom. The first-order valence-corrected chi connectivity index (χ1v) is 13.2. The summed E-state index contributed by atoms with van der Waals surface area (Å²) in [5.74, 6) is 1.62. The highest BCUT2D eigenvalue weighted by Gasteiger charge is 2.22. The van der Waals surface area contributed by atoms with Gasteiger partial charge >= 0.3 is 11.7 Å². The van der Waals surface area contributed by atoms with Crippen LogP contribution in [0.5, 0.6) is 11.5 Å². The number of aryl methyl sites for hydroxylation is 1. The number of hydrogen-bond acceptors (Lipinski definition) is 5. The zero-order valence-corrected chi connectivity index (χ0v) is 23.1. The molecule has 0 aliphatic heterocycles. The normalized spacial score (nSPS) is 11.6. The van der Waals surface area contributed by atoms with Crippen LogP contribution < -0.4 is 21.1 Å². The summed E-state index contributed by atoms with van der Waals surface area (Å²) in [5, 5.41) is 12.3. The number of fused-ring (bicyclic) bond motifs is 2. The zero-order chi connectivity index (χ0) is 28.7. The maximum absolute atomic E-state index is 13.3. The number of nitrogens with one attached hydrogen (secondary N) is 3. The number of benzene rings is 3. The summed E-state index contributed by atoms with van der Waals surface area (Å²) in [6, 6.07) is 24.1. The molecule has 10 nitrogen and oxygen atoms in total. The molecule has 0 aliphatic carbocycles. The van der Waals surface area contributed by atoms with Crippen LogP contribution in [0.2, 0.25) is 0 Å². The van der Waals surface area contributed by atoms with Crippen molar-refractivity contribution in [1.29, 1.82) is 0 Å². The monoisotopic (exact) mass is 547 g/mol. The summed E-state index contributed by atoms with van der Waals surface area (Å²) in [6.07, 6.45) is 1.58. The van der Waals surface area contributed by atoms with Crippen LogP contribution in [0.1, 0.15) is 26.5 Å². The lowest BCUT2D eigenvalue weighted by Gasteiger charge is -2.14. The number of amides is 2. The summed E-state index contributed by atoms with van der Waals surface area (Å²) < 4.78 is 9.49. The summed E-state index contributed by atoms with van der Waals surface area (Å²) in [4.78, 5) is 32.4. The second kappa shape index (κ2) is 9.98. The van der Waals surface area contributed by atoms with Gasteiger partial charge in [0.2, 0.25) is 0 Å². The third-order valence-corrected chi connectivity index (χ3v) is 6.82. The molecule has 41 heavy (non-hydrogen) atoms. The molecule has 206 valence electrons. The average Bonchev–Trinajstić information content (AvgIpc) is 3.51. The standard InChI is InChI=1S/C31H29N7O3/c1-31(2,3)25-18-26(38(36-25)19-10-6-5-7-11-19)34-29(39)33-22-14-15-23(21-13-9-8-12-20(21)22)41-24-16-17-32-28-27(24)37(4)30(40)35-28/h5-18H,1-4H3,(H,32,35,40)(H2,33,34,39). The lowest BCUT2D eigenvalue weighted by Crippen LogP contribution is -2.21. The Kier molecular flexibility index (Phi) is 6.30. The Bertz CT molecular complexity index is 1960. The summed E-state index contributed by atoms with van der Waals surface area (Å²) in [7, 11) is 1.66. The van der Waals surface area contributed by atoms with E-state index in [4.69, 9.17) is 9.84 Å². The molecule has 6 rings (SSSR count). The first-order valence-electron chi connectivity index (χ1n) is 13.2. The van der Waals surface area contributed by atoms with Crippen molar-refractivity contribution < 1.29 is 9.53 Å². The Balaban J connectivity index is 1.31. The third kappa shape index (κ3) is 4.91. The number of carbonyl (C=O) groups is 1. The lowest BCUT2D eigenvalue weighted by atomic mass is 9.92. The highest BCUT2D eigenvalue weighted by molar-refractivity contribution is 6.07. The number of ether oxygens (including phenoxy) is 1. The van der Waals surface area contributed by atoms with Crippen LogP contribution in [0.3, 0.4) is 0 Å². The van der Waals surface area contributed by atoms with Crippen LogP contribution in [-0.4, -0.2) is 30.3 Å². The van der Waals surface area contributed by atoms with Gasteiger partial charge in [-0.2, -0.15) is 5.10 Å². The van der Waals surface area contributed by atoms with E-state index in [0.29, 0.717) is 34.2 Å². The summed E-state index contributed by atoms with van der Waals surface area (Å²) in [5.41, 5.74) is 2.84. The molecule has 0 aliphatic rings. The number of para-hydroxylation sites is 1. The van der Waals surface area contributed by atoms with Gasteiger partial charge in [-0.15, -0.1) is 0 Å². The molecule has 0 fully saturated rings. The average molecular weight is 548 g/mol. The van der Waals surface area contributed by atoms with Crippen LogP contribution in [0.4, 0.5) is 16.3 Å². The minimum atomic E-state index is -0.403. The van der Waals surface area contributed by atoms with E-state index in [0.717, 1.165) is 22.2 Å². The molecule has 2 amide bonds. The number of aromatic nitrogens is 5. The predicted molar refractivity (Wildman–Crippen MR) is 160 cm³/mol. The summed E-state index contributed by atoms with van der Waals surface area (Å²) in [6.45, 7) is 6.24. The van der Waals surface area contributed by atoms with E-state index in [-0.39, 0.29) is 11.1 Å². The number of H-pyrrole nitrogens is 1. The van der Waals surface area contributed by atoms with E-state index in [1.807, 2.05) is 60.7 Å². The van der Waals surface area contributed by atoms with E-state index in [1.54, 1.807) is 36.1 Å². The smallest absolute Gasteiger partial charge is 0.327 e. The molecular weight excluding hydrogens is 518 g/mol. The molecule has 0 radical (unpaired) electrons. The van der Waals surface area contributed by atoms with Gasteiger partial charge in [0, 0.05) is 41.6 Å². The molecule has 0 spiro atoms. The first-order chi connectivity index (χ1) is 19.7. The highest BCUT2D eigenvalue weighted by Crippen LogP contribution is 2.36. The number of aromatic amines is 1. The van der Waals surface area contributed by atoms with Crippen LogP contribution in [0, 0.1) is 0 Å². The highest BCUT2D eigenvalue weighted by atomic mass is 16.5. The summed E-state index contributed by atoms with van der Waals surface area (Å²) >= 11 is 0. The van der Waals surface area contributed by atoms with Gasteiger partial charge in [0.05, 0.1) is 17.1 Å². The fourth-order valence-electron chi connectivity index (χ4n) is 4.68. The topological polar surface area (TPSA) is 119 Å². The van der Waals surface area contributed by atoms with Crippen molar-refractivity contribution in [3.8, 4) is 17.2 Å². The molecule has 0 saturated carbocycles. The Labute approximate surface area is 235 Å². The molecule has 10 heteroatoms. The van der Waals surface area contributed by atoms with Crippen molar-refractivity contribution in [2.24, 2.45) is 7.05 Å². The van der Waals surface area contributed by atoms with Crippen molar-refractivity contribution in [3.05, 3.63) is 101 Å². The van der Waals surface area contributed by atoms with Gasteiger partial charge in [-0.1, -0.05) is 63.2 Å². The number of nitrogens with zero attached hydrogens (tertiary/aromatic N) is 4. The molecule has 0 bridgehead atoms. The van der Waals surface area contributed by atoms with Crippen LogP contribution in [0.25, 0.3) is 27.6 Å². The van der Waals surface area contributed by atoms with Gasteiger partial charge in [0.1, 0.15) is 17.1 Å². The van der Waals surface area contributed by atoms with Crippen LogP contribution in [0.15, 0.2) is 89.9 Å². The van der Waals surface area contributed by atoms with Crippen LogP contribution in [-0.2, 0) is 12.5 Å². The number of carbonyl (C=O) groups excluding carboxylic acids is 1. The lowest BCUT2D eigenvalue weighted by molar-refractivity contribution is 0.262. The van der Waals surface area contributed by atoms with Gasteiger partial charge in [-0.3, -0.25) is 14.9 Å². The number of pyridine rings is 1. The van der Waals surface area contributed by atoms with Crippen molar-refractivity contribution in [1.82, 2.24) is 24.3 Å². The quantitative estimate of drug-likeness (QED) is 0.233. The minimum Gasteiger partial charge on any atom is -0.454 e. The van der Waals surface area contributed by atoms with Gasteiger partial charge in [0.15, 0.2) is 11.4 Å². The molecule has 0 atom stereocenters. The predicted octanol–water partition coefficient (Wildman–Crippen LogP) is 6.33. The molecule has 3 N–H and O–H groups in total. The Morgan fingerprint density at radius 3 is 2.39 bits per heavy atom. The van der Waals surface area contributed by atoms with Gasteiger partial charge in [-0.05, 0) is 24.3 Å². The van der Waals surface area contributed by atoms with Gasteiger partial charge in [0.25, 0.3) is 0 Å². The number of rotatable bonds is 5. The number of anilines is 2. The Morgan fingerprint density at radius 2 is 1.63 bits per heavy atom. The first kappa shape index (κ1) is 25.9. The largest absolute Gasteiger partial charge is 0.454 e. The molecule has 0 saturated heterocycles. The number of urea groups is 1. The second-order valence-electron chi connectivity index (χ2n) is 10.7. The van der Waals surface area contributed by atoms with Gasteiger partial charge < -0.3 is 10.1 Å². The van der Waals surface area contributed by atoms with Crippen molar-refractivity contribution in [2.75, 3.05) is 10.6 Å². The SMILES string of the molecule is Cn1c(=O)[nH]c2nccc(Oc3ccc(NC(=O)Nc4cc(C(C)(C)C)nn4-c4ccccc4)c4ccccc34)c21. The van der Waals surface area contributed by atoms with E-state index in [1.165, 1.54) is 4.57 Å². The number of hydrogen-bond donors (Lipinski definition) is 3. The van der Waals surface area contributed by atoms with Crippen molar-refractivity contribution in [2.45, 2.75) is 26.2 Å². The molecular formula is C31H29N7O3. The fraction of sp³-hybridized carbons (Fsp3) is 0.161. The van der Waals surface area contributed by atoms with E-state index in [9.17, 15) is 9.59 Å². The van der Waals surface area contributed by atoms with Crippen molar-refractivity contribution in [3.63, 3.8) is 0 Å². The van der Waals surface area contributed by atoms with E-state index in [2.05, 4.69) is 41.4 Å².